The number of piperazine rings is 1. The van der Waals surface area contributed by atoms with E-state index in [1.165, 1.54) is 6.20 Å². The second-order valence-electron chi connectivity index (χ2n) is 7.14. The fourth-order valence-corrected chi connectivity index (χ4v) is 3.52. The monoisotopic (exact) mass is 448 g/mol. The third-order valence-corrected chi connectivity index (χ3v) is 5.20. The van der Waals surface area contributed by atoms with E-state index in [9.17, 15) is 26.7 Å². The average molecular weight is 448 g/mol. The molecule has 4 rings (SSSR count). The number of amides is 1. The van der Waals surface area contributed by atoms with E-state index in [0.29, 0.717) is 24.3 Å². The normalized spacial score (nSPS) is 13.9. The Kier molecular flexibility index (Phi) is 5.93. The van der Waals surface area contributed by atoms with Crippen LogP contribution in [0.1, 0.15) is 10.4 Å². The quantitative estimate of drug-likeness (QED) is 0.366. The first-order valence-electron chi connectivity index (χ1n) is 9.69. The van der Waals surface area contributed by atoms with E-state index in [4.69, 9.17) is 0 Å². The molecule has 0 spiro atoms. The number of rotatable bonds is 4. The van der Waals surface area contributed by atoms with Gasteiger partial charge < -0.3 is 15.1 Å². The van der Waals surface area contributed by atoms with Gasteiger partial charge in [0, 0.05) is 49.9 Å². The number of halogens is 5. The van der Waals surface area contributed by atoms with Gasteiger partial charge in [0.15, 0.2) is 23.3 Å². The molecule has 2 aromatic carbocycles. The van der Waals surface area contributed by atoms with E-state index in [1.807, 2.05) is 4.90 Å². The molecule has 2 heterocycles. The second kappa shape index (κ2) is 8.81. The minimum absolute atomic E-state index is 0.0673. The van der Waals surface area contributed by atoms with E-state index in [2.05, 4.69) is 10.3 Å². The number of benzene rings is 2. The molecule has 0 aliphatic carbocycles. The predicted octanol–water partition coefficient (Wildman–Crippen LogP) is 4.36. The van der Waals surface area contributed by atoms with Crippen molar-refractivity contribution in [1.82, 2.24) is 4.98 Å². The van der Waals surface area contributed by atoms with Crippen LogP contribution in [0.4, 0.5) is 39.0 Å². The summed E-state index contributed by atoms with van der Waals surface area (Å²) in [7, 11) is 0. The first kappa shape index (κ1) is 21.5. The van der Waals surface area contributed by atoms with Crippen LogP contribution >= 0.6 is 0 Å². The summed E-state index contributed by atoms with van der Waals surface area (Å²) in [6.45, 7) is 0.747. The van der Waals surface area contributed by atoms with Crippen molar-refractivity contribution in [3.05, 3.63) is 83.4 Å². The number of nitrogens with zero attached hydrogens (tertiary/aromatic N) is 3. The van der Waals surface area contributed by atoms with Gasteiger partial charge in [0.1, 0.15) is 5.69 Å². The maximum atomic E-state index is 14.1. The molecule has 0 unspecified atom stereocenters. The Bertz CT molecular complexity index is 1100. The van der Waals surface area contributed by atoms with Gasteiger partial charge in [0.25, 0.3) is 5.91 Å². The summed E-state index contributed by atoms with van der Waals surface area (Å²) in [6.07, 6.45) is 3.02. The number of hydrogen-bond acceptors (Lipinski definition) is 4. The van der Waals surface area contributed by atoms with Crippen molar-refractivity contribution in [2.45, 2.75) is 0 Å². The van der Waals surface area contributed by atoms with Gasteiger partial charge in [-0.3, -0.25) is 9.78 Å². The van der Waals surface area contributed by atoms with Crippen molar-refractivity contribution < 1.29 is 26.7 Å². The summed E-state index contributed by atoms with van der Waals surface area (Å²) < 4.78 is 68.4. The highest BCUT2D eigenvalue weighted by molar-refractivity contribution is 6.04. The molecule has 1 aliphatic rings. The molecular weight excluding hydrogens is 431 g/mol. The highest BCUT2D eigenvalue weighted by Crippen LogP contribution is 2.31. The third kappa shape index (κ3) is 4.08. The van der Waals surface area contributed by atoms with Crippen LogP contribution in [0, 0.1) is 29.1 Å². The fourth-order valence-electron chi connectivity index (χ4n) is 3.52. The lowest BCUT2D eigenvalue weighted by Gasteiger charge is -2.37. The number of aromatic nitrogens is 1. The minimum atomic E-state index is -2.17. The van der Waals surface area contributed by atoms with Crippen molar-refractivity contribution in [3.63, 3.8) is 0 Å². The first-order valence-corrected chi connectivity index (χ1v) is 9.69. The van der Waals surface area contributed by atoms with Gasteiger partial charge in [-0.15, -0.1) is 0 Å². The maximum absolute atomic E-state index is 14.1. The molecule has 166 valence electrons. The van der Waals surface area contributed by atoms with E-state index in [-0.39, 0.29) is 19.0 Å². The molecule has 1 aromatic heterocycles. The summed E-state index contributed by atoms with van der Waals surface area (Å²) in [6, 6.07) is 10.3. The molecule has 1 saturated heterocycles. The number of nitrogens with one attached hydrogen (secondary N) is 1. The van der Waals surface area contributed by atoms with Gasteiger partial charge in [0.2, 0.25) is 5.82 Å². The SMILES string of the molecule is O=C(Nc1ccc(N2CCN(c3c(F)c(F)c(F)c(F)c3F)CC2)cc1)c1cccnc1. The Balaban J connectivity index is 1.41. The molecular formula is C22H17F5N4O. The second-order valence-corrected chi connectivity index (χ2v) is 7.14. The molecule has 1 fully saturated rings. The number of hydrogen-bond donors (Lipinski definition) is 1. The summed E-state index contributed by atoms with van der Waals surface area (Å²) >= 11 is 0. The molecule has 0 atom stereocenters. The Labute approximate surface area is 180 Å². The molecule has 32 heavy (non-hydrogen) atoms. The zero-order valence-electron chi connectivity index (χ0n) is 16.6. The van der Waals surface area contributed by atoms with Gasteiger partial charge in [-0.05, 0) is 36.4 Å². The standard InChI is InChI=1S/C22H17F5N4O/c23-16-17(24)19(26)21(20(27)18(16)25)31-10-8-30(9-11-31)15-5-3-14(4-6-15)29-22(32)13-2-1-7-28-12-13/h1-7,12H,8-11H2,(H,29,32). The lowest BCUT2D eigenvalue weighted by Crippen LogP contribution is -2.47. The molecule has 5 nitrogen and oxygen atoms in total. The minimum Gasteiger partial charge on any atom is -0.368 e. The van der Waals surface area contributed by atoms with Crippen LogP contribution in [-0.2, 0) is 0 Å². The fraction of sp³-hybridized carbons (Fsp3) is 0.182. The highest BCUT2D eigenvalue weighted by Gasteiger charge is 2.30. The van der Waals surface area contributed by atoms with Gasteiger partial charge in [0.05, 0.1) is 5.56 Å². The topological polar surface area (TPSA) is 48.5 Å². The number of carbonyl (C=O) groups is 1. The van der Waals surface area contributed by atoms with Crippen LogP contribution in [0.5, 0.6) is 0 Å². The van der Waals surface area contributed by atoms with Crippen LogP contribution < -0.4 is 15.1 Å². The Morgan fingerprint density at radius 2 is 1.34 bits per heavy atom. The molecule has 1 N–H and O–H groups in total. The van der Waals surface area contributed by atoms with E-state index >= 15 is 0 Å². The van der Waals surface area contributed by atoms with Crippen molar-refractivity contribution in [3.8, 4) is 0 Å². The molecule has 0 radical (unpaired) electrons. The predicted molar refractivity (Wildman–Crippen MR) is 109 cm³/mol. The van der Waals surface area contributed by atoms with Crippen LogP contribution in [0.15, 0.2) is 48.8 Å². The lowest BCUT2D eigenvalue weighted by molar-refractivity contribution is 0.102. The van der Waals surface area contributed by atoms with Crippen molar-refractivity contribution in [2.24, 2.45) is 0 Å². The highest BCUT2D eigenvalue weighted by atomic mass is 19.2. The molecule has 3 aromatic rings. The molecule has 0 saturated carbocycles. The summed E-state index contributed by atoms with van der Waals surface area (Å²) in [5, 5.41) is 2.75. The van der Waals surface area contributed by atoms with Gasteiger partial charge in [-0.1, -0.05) is 0 Å². The summed E-state index contributed by atoms with van der Waals surface area (Å²) in [5.41, 5.74) is 0.874. The zero-order chi connectivity index (χ0) is 22.8. The average Bonchev–Trinajstić information content (AvgIpc) is 2.83. The van der Waals surface area contributed by atoms with E-state index in [0.717, 1.165) is 10.6 Å². The van der Waals surface area contributed by atoms with Gasteiger partial charge >= 0.3 is 0 Å². The molecule has 1 aliphatic heterocycles. The lowest BCUT2D eigenvalue weighted by atomic mass is 10.2. The Morgan fingerprint density at radius 3 is 1.91 bits per heavy atom. The molecule has 0 bridgehead atoms. The van der Waals surface area contributed by atoms with Crippen molar-refractivity contribution in [2.75, 3.05) is 41.3 Å². The molecule has 10 heteroatoms. The zero-order valence-corrected chi connectivity index (χ0v) is 16.6. The van der Waals surface area contributed by atoms with Crippen molar-refractivity contribution >= 4 is 23.0 Å². The smallest absolute Gasteiger partial charge is 0.257 e. The largest absolute Gasteiger partial charge is 0.368 e. The number of anilines is 3. The van der Waals surface area contributed by atoms with Crippen LogP contribution in [0.2, 0.25) is 0 Å². The summed E-state index contributed by atoms with van der Waals surface area (Å²) in [5.74, 6) is -10.0. The van der Waals surface area contributed by atoms with E-state index in [1.54, 1.807) is 42.6 Å². The third-order valence-electron chi connectivity index (χ3n) is 5.20. The van der Waals surface area contributed by atoms with Crippen molar-refractivity contribution in [1.29, 1.82) is 0 Å². The van der Waals surface area contributed by atoms with Gasteiger partial charge in [-0.25, -0.2) is 22.0 Å². The van der Waals surface area contributed by atoms with Gasteiger partial charge in [-0.2, -0.15) is 0 Å². The van der Waals surface area contributed by atoms with Crippen LogP contribution in [0.25, 0.3) is 0 Å². The van der Waals surface area contributed by atoms with Crippen LogP contribution in [-0.4, -0.2) is 37.1 Å². The molecule has 1 amide bonds. The maximum Gasteiger partial charge on any atom is 0.257 e. The Hall–Kier alpha value is -3.69. The number of carbonyl (C=O) groups excluding carboxylic acids is 1. The Morgan fingerprint density at radius 1 is 0.781 bits per heavy atom. The van der Waals surface area contributed by atoms with Crippen LogP contribution in [0.3, 0.4) is 0 Å². The first-order chi connectivity index (χ1) is 15.4. The van der Waals surface area contributed by atoms with E-state index < -0.39 is 34.8 Å². The number of pyridine rings is 1. The summed E-state index contributed by atoms with van der Waals surface area (Å²) in [4.78, 5) is 19.1.